The maximum absolute atomic E-state index is 13.2. The van der Waals surface area contributed by atoms with Crippen LogP contribution in [0.5, 0.6) is 0 Å². The number of aliphatic hydroxyl groups excluding tert-OH is 1. The molecule has 0 radical (unpaired) electrons. The van der Waals surface area contributed by atoms with Crippen molar-refractivity contribution >= 4 is 40.3 Å². The Morgan fingerprint density at radius 3 is 2.50 bits per heavy atom. The Morgan fingerprint density at radius 1 is 1.11 bits per heavy atom. The SMILES string of the molecule is Cc1cccc(C2C(C(=O)c3cccs3)=C(O)C(=O)N2c2ccc(Cl)cc2)c1. The van der Waals surface area contributed by atoms with Crippen molar-refractivity contribution < 1.29 is 14.7 Å². The topological polar surface area (TPSA) is 57.6 Å². The van der Waals surface area contributed by atoms with Gasteiger partial charge in [-0.15, -0.1) is 11.3 Å². The predicted octanol–water partition coefficient (Wildman–Crippen LogP) is 5.49. The Bertz CT molecular complexity index is 1090. The molecule has 0 fully saturated rings. The Hall–Kier alpha value is -2.89. The highest BCUT2D eigenvalue weighted by Gasteiger charge is 2.44. The number of hydrogen-bond donors (Lipinski definition) is 1. The van der Waals surface area contributed by atoms with Crippen LogP contribution in [0.15, 0.2) is 77.4 Å². The van der Waals surface area contributed by atoms with Gasteiger partial charge in [-0.05, 0) is 48.2 Å². The average molecular weight is 410 g/mol. The molecule has 1 atom stereocenters. The molecule has 0 saturated heterocycles. The lowest BCUT2D eigenvalue weighted by Gasteiger charge is -2.27. The molecule has 0 saturated carbocycles. The van der Waals surface area contributed by atoms with Crippen LogP contribution in [0, 0.1) is 6.92 Å². The highest BCUT2D eigenvalue weighted by atomic mass is 35.5. The van der Waals surface area contributed by atoms with Crippen LogP contribution in [0.3, 0.4) is 0 Å². The van der Waals surface area contributed by atoms with Crippen molar-refractivity contribution in [3.8, 4) is 0 Å². The van der Waals surface area contributed by atoms with Crippen molar-refractivity contribution in [1.29, 1.82) is 0 Å². The van der Waals surface area contributed by atoms with Crippen LogP contribution in [0.2, 0.25) is 5.02 Å². The lowest BCUT2D eigenvalue weighted by atomic mass is 9.94. The van der Waals surface area contributed by atoms with Gasteiger partial charge in [0.05, 0.1) is 16.5 Å². The number of benzene rings is 2. The molecule has 28 heavy (non-hydrogen) atoms. The molecule has 1 amide bonds. The first-order chi connectivity index (χ1) is 13.5. The van der Waals surface area contributed by atoms with Crippen molar-refractivity contribution in [2.45, 2.75) is 13.0 Å². The first-order valence-electron chi connectivity index (χ1n) is 8.64. The second kappa shape index (κ2) is 7.26. The molecule has 1 N–H and O–H groups in total. The number of aryl methyl sites for hydroxylation is 1. The van der Waals surface area contributed by atoms with E-state index >= 15 is 0 Å². The van der Waals surface area contributed by atoms with Crippen molar-refractivity contribution in [2.24, 2.45) is 0 Å². The molecule has 3 aromatic rings. The summed E-state index contributed by atoms with van der Waals surface area (Å²) in [6, 6.07) is 17.1. The molecule has 0 aliphatic carbocycles. The lowest BCUT2D eigenvalue weighted by molar-refractivity contribution is -0.117. The number of carbonyl (C=O) groups is 2. The Labute approximate surface area is 171 Å². The third-order valence-corrected chi connectivity index (χ3v) is 5.78. The smallest absolute Gasteiger partial charge is 0.294 e. The molecule has 0 spiro atoms. The van der Waals surface area contributed by atoms with Gasteiger partial charge in [0.1, 0.15) is 0 Å². The third kappa shape index (κ3) is 3.13. The minimum atomic E-state index is -0.719. The second-order valence-electron chi connectivity index (χ2n) is 6.54. The van der Waals surface area contributed by atoms with E-state index in [0.29, 0.717) is 15.6 Å². The predicted molar refractivity (Wildman–Crippen MR) is 111 cm³/mol. The minimum absolute atomic E-state index is 0.0907. The van der Waals surface area contributed by atoms with E-state index in [2.05, 4.69) is 0 Å². The molecule has 1 aromatic heterocycles. The fraction of sp³-hybridized carbons (Fsp3) is 0.0909. The van der Waals surface area contributed by atoms with Crippen molar-refractivity contribution in [3.05, 3.63) is 98.4 Å². The van der Waals surface area contributed by atoms with Crippen LogP contribution < -0.4 is 4.90 Å². The molecule has 1 unspecified atom stereocenters. The van der Waals surface area contributed by atoms with Gasteiger partial charge in [0, 0.05) is 10.7 Å². The van der Waals surface area contributed by atoms with E-state index in [1.807, 2.05) is 31.2 Å². The fourth-order valence-corrected chi connectivity index (χ4v) is 4.21. The second-order valence-corrected chi connectivity index (χ2v) is 7.92. The van der Waals surface area contributed by atoms with E-state index in [4.69, 9.17) is 11.6 Å². The van der Waals surface area contributed by atoms with Gasteiger partial charge >= 0.3 is 0 Å². The summed E-state index contributed by atoms with van der Waals surface area (Å²) in [5.74, 6) is -1.46. The number of nitrogens with zero attached hydrogens (tertiary/aromatic N) is 1. The van der Waals surface area contributed by atoms with Crippen molar-refractivity contribution in [1.82, 2.24) is 0 Å². The highest BCUT2D eigenvalue weighted by Crippen LogP contribution is 2.42. The average Bonchev–Trinajstić information content (AvgIpc) is 3.30. The summed E-state index contributed by atoms with van der Waals surface area (Å²) < 4.78 is 0. The minimum Gasteiger partial charge on any atom is -0.503 e. The molecule has 2 heterocycles. The van der Waals surface area contributed by atoms with Crippen LogP contribution in [-0.4, -0.2) is 16.8 Å². The molecule has 6 heteroatoms. The molecular formula is C22H16ClNO3S. The summed E-state index contributed by atoms with van der Waals surface area (Å²) >= 11 is 7.27. The zero-order valence-electron chi connectivity index (χ0n) is 14.9. The van der Waals surface area contributed by atoms with Crippen molar-refractivity contribution in [2.75, 3.05) is 4.90 Å². The number of amides is 1. The van der Waals surface area contributed by atoms with Crippen LogP contribution in [0.4, 0.5) is 5.69 Å². The molecular weight excluding hydrogens is 394 g/mol. The fourth-order valence-electron chi connectivity index (χ4n) is 3.40. The van der Waals surface area contributed by atoms with Crippen LogP contribution >= 0.6 is 22.9 Å². The van der Waals surface area contributed by atoms with Gasteiger partial charge in [-0.25, -0.2) is 0 Å². The third-order valence-electron chi connectivity index (χ3n) is 4.66. The molecule has 1 aliphatic heterocycles. The standard InChI is InChI=1S/C22H16ClNO3S/c1-13-4-2-5-14(12-13)19-18(20(25)17-6-3-11-28-17)21(26)22(27)24(19)16-9-7-15(23)8-10-16/h2-12,19,26H,1H3. The molecule has 4 rings (SSSR count). The quantitative estimate of drug-likeness (QED) is 0.579. The van der Waals surface area contributed by atoms with Crippen LogP contribution in [0.1, 0.15) is 26.8 Å². The van der Waals surface area contributed by atoms with Gasteiger partial charge in [-0.1, -0.05) is 47.5 Å². The summed E-state index contributed by atoms with van der Waals surface area (Å²) in [6.07, 6.45) is 0. The Balaban J connectivity index is 1.89. The van der Waals surface area contributed by atoms with Crippen LogP contribution in [-0.2, 0) is 4.79 Å². The molecule has 0 bridgehead atoms. The van der Waals surface area contributed by atoms with E-state index in [1.165, 1.54) is 16.2 Å². The number of Topliss-reactive ketones (excluding diaryl/α,β-unsaturated/α-hetero) is 1. The van der Waals surface area contributed by atoms with Gasteiger partial charge in [0.2, 0.25) is 5.78 Å². The van der Waals surface area contributed by atoms with Crippen LogP contribution in [0.25, 0.3) is 0 Å². The number of aliphatic hydroxyl groups is 1. The zero-order chi connectivity index (χ0) is 19.8. The maximum atomic E-state index is 13.2. The highest BCUT2D eigenvalue weighted by molar-refractivity contribution is 7.12. The molecule has 2 aromatic carbocycles. The Morgan fingerprint density at radius 2 is 1.86 bits per heavy atom. The number of ketones is 1. The number of hydrogen-bond acceptors (Lipinski definition) is 4. The van der Waals surface area contributed by atoms with Gasteiger partial charge in [0.25, 0.3) is 5.91 Å². The lowest BCUT2D eigenvalue weighted by Crippen LogP contribution is -2.31. The molecule has 4 nitrogen and oxygen atoms in total. The number of rotatable bonds is 4. The van der Waals surface area contributed by atoms with Gasteiger partial charge in [-0.3, -0.25) is 14.5 Å². The molecule has 140 valence electrons. The maximum Gasteiger partial charge on any atom is 0.294 e. The van der Waals surface area contributed by atoms with E-state index in [-0.39, 0.29) is 11.4 Å². The number of halogens is 1. The first-order valence-corrected chi connectivity index (χ1v) is 9.90. The number of thiophene rings is 1. The van der Waals surface area contributed by atoms with Crippen molar-refractivity contribution in [3.63, 3.8) is 0 Å². The number of carbonyl (C=O) groups excluding carboxylic acids is 2. The van der Waals surface area contributed by atoms with Gasteiger partial charge < -0.3 is 5.11 Å². The number of anilines is 1. The van der Waals surface area contributed by atoms with E-state index in [1.54, 1.807) is 41.8 Å². The summed E-state index contributed by atoms with van der Waals surface area (Å²) in [5, 5.41) is 13.0. The molecule has 1 aliphatic rings. The zero-order valence-corrected chi connectivity index (χ0v) is 16.5. The van der Waals surface area contributed by atoms with E-state index < -0.39 is 17.7 Å². The van der Waals surface area contributed by atoms with Gasteiger partial charge in [-0.2, -0.15) is 0 Å². The largest absolute Gasteiger partial charge is 0.503 e. The summed E-state index contributed by atoms with van der Waals surface area (Å²) in [6.45, 7) is 1.94. The first kappa shape index (κ1) is 18.5. The van der Waals surface area contributed by atoms with E-state index in [9.17, 15) is 14.7 Å². The normalized spacial score (nSPS) is 16.7. The summed E-state index contributed by atoms with van der Waals surface area (Å²) in [4.78, 5) is 28.1. The Kier molecular flexibility index (Phi) is 4.79. The summed E-state index contributed by atoms with van der Waals surface area (Å²) in [7, 11) is 0. The summed E-state index contributed by atoms with van der Waals surface area (Å²) in [5.41, 5.74) is 2.40. The van der Waals surface area contributed by atoms with Gasteiger partial charge in [0.15, 0.2) is 5.76 Å². The van der Waals surface area contributed by atoms with E-state index in [0.717, 1.165) is 11.1 Å². The monoisotopic (exact) mass is 409 g/mol.